The zero-order chi connectivity index (χ0) is 17.1. The lowest BCUT2D eigenvalue weighted by Crippen LogP contribution is -2.40. The van der Waals surface area contributed by atoms with E-state index in [1.165, 1.54) is 6.92 Å². The number of aromatic nitrogens is 2. The average Bonchev–Trinajstić information content (AvgIpc) is 2.95. The first-order chi connectivity index (χ1) is 10.7. The second-order valence-electron chi connectivity index (χ2n) is 4.86. The van der Waals surface area contributed by atoms with Gasteiger partial charge in [-0.3, -0.25) is 5.32 Å². The fourth-order valence-corrected chi connectivity index (χ4v) is 2.29. The third kappa shape index (κ3) is 4.63. The molecule has 0 radical (unpaired) electrons. The zero-order valence-electron chi connectivity index (χ0n) is 11.9. The summed E-state index contributed by atoms with van der Waals surface area (Å²) in [6.07, 6.45) is -4.61. The van der Waals surface area contributed by atoms with Crippen LogP contribution in [0.2, 0.25) is 0 Å². The number of rotatable bonds is 4. The summed E-state index contributed by atoms with van der Waals surface area (Å²) in [6.45, 7) is 1.38. The first kappa shape index (κ1) is 17.2. The number of aliphatic hydroxyl groups is 1. The molecule has 23 heavy (non-hydrogen) atoms. The molecular weight excluding hydrogens is 333 g/mol. The lowest BCUT2D eigenvalue weighted by molar-refractivity contribution is -0.138. The van der Waals surface area contributed by atoms with Gasteiger partial charge in [-0.05, 0) is 12.5 Å². The van der Waals surface area contributed by atoms with E-state index in [0.29, 0.717) is 5.56 Å². The molecule has 0 saturated heterocycles. The van der Waals surface area contributed by atoms with Gasteiger partial charge in [-0.25, -0.2) is 4.79 Å². The number of nitrogens with one attached hydrogen (secondary N) is 2. The number of anilines is 1. The van der Waals surface area contributed by atoms with Crippen LogP contribution >= 0.6 is 11.3 Å². The van der Waals surface area contributed by atoms with E-state index >= 15 is 0 Å². The van der Waals surface area contributed by atoms with E-state index in [9.17, 15) is 23.1 Å². The highest BCUT2D eigenvalue weighted by Crippen LogP contribution is 2.32. The number of hydrogen-bond acceptors (Lipinski definition) is 5. The standard InChI is InChI=1S/C13H13F3N4O2S/c1-12(22,8-5-3-2-4-6-8)7-17-10(21)18-11-20-19-9(23-11)13(14,15)16/h2-6,22H,7H2,1H3,(H2,17,18,20,21). The molecule has 6 nitrogen and oxygen atoms in total. The Morgan fingerprint density at radius 3 is 2.48 bits per heavy atom. The van der Waals surface area contributed by atoms with Crippen molar-refractivity contribution in [3.05, 3.63) is 40.9 Å². The Balaban J connectivity index is 1.91. The Kier molecular flexibility index (Phi) is 4.85. The third-order valence-corrected chi connectivity index (χ3v) is 3.76. The first-order valence-electron chi connectivity index (χ1n) is 6.42. The molecule has 0 saturated carbocycles. The van der Waals surface area contributed by atoms with Gasteiger partial charge in [0.05, 0.1) is 6.54 Å². The summed E-state index contributed by atoms with van der Waals surface area (Å²) in [6, 6.07) is 7.87. The molecule has 1 atom stereocenters. The van der Waals surface area contributed by atoms with E-state index in [4.69, 9.17) is 0 Å². The molecular formula is C13H13F3N4O2S. The molecule has 1 aromatic carbocycles. The third-order valence-electron chi connectivity index (χ3n) is 2.88. The van der Waals surface area contributed by atoms with Crippen molar-refractivity contribution in [1.82, 2.24) is 15.5 Å². The molecule has 0 aliphatic rings. The van der Waals surface area contributed by atoms with Gasteiger partial charge in [-0.2, -0.15) is 13.2 Å². The normalized spacial score (nSPS) is 14.1. The predicted molar refractivity (Wildman–Crippen MR) is 77.9 cm³/mol. The molecule has 0 spiro atoms. The summed E-state index contributed by atoms with van der Waals surface area (Å²) < 4.78 is 37.1. The molecule has 2 aromatic rings. The topological polar surface area (TPSA) is 87.1 Å². The Hall–Kier alpha value is -2.20. The van der Waals surface area contributed by atoms with Gasteiger partial charge in [0.25, 0.3) is 0 Å². The number of benzene rings is 1. The molecule has 124 valence electrons. The zero-order valence-corrected chi connectivity index (χ0v) is 12.7. The summed E-state index contributed by atoms with van der Waals surface area (Å²) in [4.78, 5) is 11.7. The maximum Gasteiger partial charge on any atom is 0.445 e. The minimum Gasteiger partial charge on any atom is -0.384 e. The van der Waals surface area contributed by atoms with Crippen LogP contribution in [0.3, 0.4) is 0 Å². The van der Waals surface area contributed by atoms with Gasteiger partial charge in [0.2, 0.25) is 10.1 Å². The molecule has 2 amide bonds. The summed E-state index contributed by atoms with van der Waals surface area (Å²) >= 11 is 0.216. The quantitative estimate of drug-likeness (QED) is 0.794. The number of hydrogen-bond donors (Lipinski definition) is 3. The van der Waals surface area contributed by atoms with Crippen LogP contribution in [0.15, 0.2) is 30.3 Å². The highest BCUT2D eigenvalue weighted by molar-refractivity contribution is 7.15. The average molecular weight is 346 g/mol. The molecule has 1 aromatic heterocycles. The van der Waals surface area contributed by atoms with E-state index in [1.807, 2.05) is 0 Å². The van der Waals surface area contributed by atoms with Crippen molar-refractivity contribution >= 4 is 22.5 Å². The molecule has 1 unspecified atom stereocenters. The highest BCUT2D eigenvalue weighted by atomic mass is 32.1. The van der Waals surface area contributed by atoms with Crippen LogP contribution in [0.4, 0.5) is 23.1 Å². The monoisotopic (exact) mass is 346 g/mol. The van der Waals surface area contributed by atoms with Crippen molar-refractivity contribution in [3.63, 3.8) is 0 Å². The fourth-order valence-electron chi connectivity index (χ4n) is 1.68. The van der Waals surface area contributed by atoms with Crippen LogP contribution in [0, 0.1) is 0 Å². The van der Waals surface area contributed by atoms with Gasteiger partial charge < -0.3 is 10.4 Å². The van der Waals surface area contributed by atoms with E-state index < -0.39 is 22.8 Å². The van der Waals surface area contributed by atoms with Crippen molar-refractivity contribution < 1.29 is 23.1 Å². The Labute approximate surface area is 133 Å². The van der Waals surface area contributed by atoms with Crippen molar-refractivity contribution in [2.75, 3.05) is 11.9 Å². The lowest BCUT2D eigenvalue weighted by atomic mass is 9.96. The smallest absolute Gasteiger partial charge is 0.384 e. The molecule has 0 fully saturated rings. The van der Waals surface area contributed by atoms with Gasteiger partial charge in [-0.15, -0.1) is 10.2 Å². The predicted octanol–water partition coefficient (Wildman–Crippen LogP) is 2.59. The summed E-state index contributed by atoms with van der Waals surface area (Å²) in [7, 11) is 0. The SMILES string of the molecule is CC(O)(CNC(=O)Nc1nnc(C(F)(F)F)s1)c1ccccc1. The Morgan fingerprint density at radius 2 is 1.91 bits per heavy atom. The van der Waals surface area contributed by atoms with Crippen LogP contribution in [0.1, 0.15) is 17.5 Å². The number of carbonyl (C=O) groups excluding carboxylic acids is 1. The number of amides is 2. The van der Waals surface area contributed by atoms with E-state index in [1.54, 1.807) is 30.3 Å². The summed E-state index contributed by atoms with van der Waals surface area (Å²) in [5.74, 6) is 0. The van der Waals surface area contributed by atoms with E-state index in [-0.39, 0.29) is 23.0 Å². The van der Waals surface area contributed by atoms with Crippen LogP contribution in [0.5, 0.6) is 0 Å². The van der Waals surface area contributed by atoms with Gasteiger partial charge in [-0.1, -0.05) is 41.7 Å². The Bertz CT molecular complexity index is 673. The molecule has 10 heteroatoms. The molecule has 0 aliphatic heterocycles. The minimum atomic E-state index is -4.61. The fraction of sp³-hybridized carbons (Fsp3) is 0.308. The highest BCUT2D eigenvalue weighted by Gasteiger charge is 2.35. The maximum atomic E-state index is 12.4. The molecule has 0 bridgehead atoms. The Morgan fingerprint density at radius 1 is 1.26 bits per heavy atom. The molecule has 2 rings (SSSR count). The largest absolute Gasteiger partial charge is 0.445 e. The van der Waals surface area contributed by atoms with Gasteiger partial charge in [0, 0.05) is 0 Å². The van der Waals surface area contributed by atoms with Crippen LogP contribution in [-0.2, 0) is 11.8 Å². The van der Waals surface area contributed by atoms with Gasteiger partial charge in [0.15, 0.2) is 0 Å². The molecule has 1 heterocycles. The number of carbonyl (C=O) groups is 1. The van der Waals surface area contributed by atoms with Crippen LogP contribution < -0.4 is 10.6 Å². The van der Waals surface area contributed by atoms with Crippen molar-refractivity contribution in [1.29, 1.82) is 0 Å². The van der Waals surface area contributed by atoms with Crippen LogP contribution in [0.25, 0.3) is 0 Å². The van der Waals surface area contributed by atoms with Crippen molar-refractivity contribution in [2.24, 2.45) is 0 Å². The van der Waals surface area contributed by atoms with E-state index in [2.05, 4.69) is 20.8 Å². The summed E-state index contributed by atoms with van der Waals surface area (Å²) in [5.41, 5.74) is -0.729. The lowest BCUT2D eigenvalue weighted by Gasteiger charge is -2.24. The summed E-state index contributed by atoms with van der Waals surface area (Å²) in [5, 5.41) is 19.6. The second-order valence-corrected chi connectivity index (χ2v) is 5.84. The number of nitrogens with zero attached hydrogens (tertiary/aromatic N) is 2. The maximum absolute atomic E-state index is 12.4. The van der Waals surface area contributed by atoms with E-state index in [0.717, 1.165) is 0 Å². The minimum absolute atomic E-state index is 0.131. The molecule has 3 N–H and O–H groups in total. The van der Waals surface area contributed by atoms with Crippen molar-refractivity contribution in [2.45, 2.75) is 18.7 Å². The van der Waals surface area contributed by atoms with Gasteiger partial charge >= 0.3 is 12.2 Å². The van der Waals surface area contributed by atoms with Crippen molar-refractivity contribution in [3.8, 4) is 0 Å². The number of alkyl halides is 3. The molecule has 0 aliphatic carbocycles. The number of halogens is 3. The van der Waals surface area contributed by atoms with Gasteiger partial charge in [0.1, 0.15) is 5.60 Å². The number of urea groups is 1. The van der Waals surface area contributed by atoms with Crippen LogP contribution in [-0.4, -0.2) is 27.9 Å². The second kappa shape index (κ2) is 6.50. The first-order valence-corrected chi connectivity index (χ1v) is 7.23.